The van der Waals surface area contributed by atoms with Gasteiger partial charge in [-0.15, -0.1) is 12.4 Å². The number of nitrogens with zero attached hydrogens (tertiary/aromatic N) is 1. The molecule has 0 spiro atoms. The van der Waals surface area contributed by atoms with Gasteiger partial charge in [-0.3, -0.25) is 4.79 Å². The zero-order chi connectivity index (χ0) is 12.1. The van der Waals surface area contributed by atoms with Crippen LogP contribution in [0.2, 0.25) is 0 Å². The SMILES string of the molecule is COC(CN)C(=O)N(C)c1ccc(F)cc1.Cl. The van der Waals surface area contributed by atoms with Crippen LogP contribution < -0.4 is 10.6 Å². The molecule has 1 aromatic rings. The number of anilines is 1. The first-order chi connectivity index (χ1) is 7.60. The van der Waals surface area contributed by atoms with E-state index in [1.165, 1.54) is 36.3 Å². The molecule has 0 aromatic heterocycles. The number of hydrogen-bond acceptors (Lipinski definition) is 3. The predicted octanol–water partition coefficient (Wildman–Crippen LogP) is 1.18. The van der Waals surface area contributed by atoms with Gasteiger partial charge in [0.05, 0.1) is 0 Å². The Morgan fingerprint density at radius 3 is 2.41 bits per heavy atom. The number of carbonyl (C=O) groups excluding carboxylic acids is 1. The highest BCUT2D eigenvalue weighted by Crippen LogP contribution is 2.14. The van der Waals surface area contributed by atoms with Gasteiger partial charge in [-0.25, -0.2) is 4.39 Å². The average Bonchev–Trinajstić information content (AvgIpc) is 2.30. The third kappa shape index (κ3) is 3.96. The molecule has 0 aliphatic rings. The summed E-state index contributed by atoms with van der Waals surface area (Å²) >= 11 is 0. The minimum Gasteiger partial charge on any atom is -0.370 e. The molecule has 2 N–H and O–H groups in total. The van der Waals surface area contributed by atoms with Crippen LogP contribution in [0.25, 0.3) is 0 Å². The topological polar surface area (TPSA) is 55.6 Å². The normalized spacial score (nSPS) is 11.5. The number of likely N-dealkylation sites (N-methyl/N-ethyl adjacent to an activating group) is 1. The smallest absolute Gasteiger partial charge is 0.257 e. The predicted molar refractivity (Wildman–Crippen MR) is 66.9 cm³/mol. The van der Waals surface area contributed by atoms with Crippen molar-refractivity contribution in [1.29, 1.82) is 0 Å². The standard InChI is InChI=1S/C11H15FN2O2.ClH/c1-14(11(15)10(7-13)16-2)9-5-3-8(12)4-6-9;/h3-6,10H,7,13H2,1-2H3;1H. The maximum absolute atomic E-state index is 12.7. The van der Waals surface area contributed by atoms with Gasteiger partial charge < -0.3 is 15.4 Å². The van der Waals surface area contributed by atoms with Gasteiger partial charge in [0.1, 0.15) is 11.9 Å². The molecular formula is C11H16ClFN2O2. The molecule has 0 aliphatic heterocycles. The molecule has 4 nitrogen and oxygen atoms in total. The molecule has 0 saturated heterocycles. The van der Waals surface area contributed by atoms with Gasteiger partial charge in [0.25, 0.3) is 5.91 Å². The lowest BCUT2D eigenvalue weighted by molar-refractivity contribution is -0.127. The fourth-order valence-corrected chi connectivity index (χ4v) is 1.31. The van der Waals surface area contributed by atoms with E-state index in [9.17, 15) is 9.18 Å². The minimum atomic E-state index is -0.671. The van der Waals surface area contributed by atoms with E-state index in [0.717, 1.165) is 0 Å². The summed E-state index contributed by atoms with van der Waals surface area (Å²) in [6, 6.07) is 5.64. The number of ether oxygens (including phenoxy) is 1. The second-order valence-corrected chi connectivity index (χ2v) is 3.33. The van der Waals surface area contributed by atoms with Crippen LogP contribution in [-0.4, -0.2) is 32.7 Å². The molecule has 0 aliphatic carbocycles. The summed E-state index contributed by atoms with van der Waals surface area (Å²) in [6.45, 7) is 0.112. The Bertz CT molecular complexity index is 355. The number of benzene rings is 1. The van der Waals surface area contributed by atoms with Crippen molar-refractivity contribution in [2.24, 2.45) is 5.73 Å². The number of amides is 1. The monoisotopic (exact) mass is 262 g/mol. The quantitative estimate of drug-likeness (QED) is 0.887. The van der Waals surface area contributed by atoms with Gasteiger partial charge >= 0.3 is 0 Å². The molecule has 1 aromatic carbocycles. The Morgan fingerprint density at radius 2 is 2.00 bits per heavy atom. The van der Waals surface area contributed by atoms with E-state index in [1.807, 2.05) is 0 Å². The molecule has 96 valence electrons. The Hall–Kier alpha value is -1.17. The molecule has 0 bridgehead atoms. The van der Waals surface area contributed by atoms with Crippen LogP contribution in [0, 0.1) is 5.82 Å². The largest absolute Gasteiger partial charge is 0.370 e. The van der Waals surface area contributed by atoms with E-state index in [2.05, 4.69) is 0 Å². The van der Waals surface area contributed by atoms with Gasteiger partial charge in [-0.05, 0) is 24.3 Å². The molecule has 17 heavy (non-hydrogen) atoms. The van der Waals surface area contributed by atoms with Gasteiger partial charge in [0.2, 0.25) is 0 Å². The molecule has 1 unspecified atom stereocenters. The fourth-order valence-electron chi connectivity index (χ4n) is 1.31. The summed E-state index contributed by atoms with van der Waals surface area (Å²) in [6.07, 6.45) is -0.671. The number of nitrogens with two attached hydrogens (primary N) is 1. The van der Waals surface area contributed by atoms with Crippen LogP contribution in [-0.2, 0) is 9.53 Å². The lowest BCUT2D eigenvalue weighted by Gasteiger charge is -2.21. The third-order valence-corrected chi connectivity index (χ3v) is 2.32. The lowest BCUT2D eigenvalue weighted by Crippen LogP contribution is -2.41. The van der Waals surface area contributed by atoms with Crippen molar-refractivity contribution in [3.8, 4) is 0 Å². The second kappa shape index (κ2) is 7.21. The molecule has 1 atom stereocenters. The first-order valence-electron chi connectivity index (χ1n) is 4.86. The van der Waals surface area contributed by atoms with Crippen molar-refractivity contribution in [3.05, 3.63) is 30.1 Å². The van der Waals surface area contributed by atoms with Crippen LogP contribution in [0.4, 0.5) is 10.1 Å². The second-order valence-electron chi connectivity index (χ2n) is 3.33. The Labute approximate surface area is 106 Å². The van der Waals surface area contributed by atoms with Crippen molar-refractivity contribution < 1.29 is 13.9 Å². The van der Waals surface area contributed by atoms with E-state index in [4.69, 9.17) is 10.5 Å². The van der Waals surface area contributed by atoms with Crippen LogP contribution in [0.3, 0.4) is 0 Å². The Kier molecular flexibility index (Phi) is 6.72. The van der Waals surface area contributed by atoms with Gasteiger partial charge in [-0.1, -0.05) is 0 Å². The first kappa shape index (κ1) is 15.8. The maximum atomic E-state index is 12.7. The Morgan fingerprint density at radius 1 is 1.47 bits per heavy atom. The summed E-state index contributed by atoms with van der Waals surface area (Å²) in [5.41, 5.74) is 5.99. The van der Waals surface area contributed by atoms with Crippen LogP contribution >= 0.6 is 12.4 Å². The Balaban J connectivity index is 0.00000256. The van der Waals surface area contributed by atoms with Gasteiger partial charge in [-0.2, -0.15) is 0 Å². The molecule has 1 rings (SSSR count). The molecule has 1 amide bonds. The van der Waals surface area contributed by atoms with Crippen molar-refractivity contribution in [2.75, 3.05) is 25.6 Å². The van der Waals surface area contributed by atoms with E-state index >= 15 is 0 Å². The van der Waals surface area contributed by atoms with E-state index in [-0.39, 0.29) is 30.7 Å². The van der Waals surface area contributed by atoms with Crippen molar-refractivity contribution in [3.63, 3.8) is 0 Å². The fraction of sp³-hybridized carbons (Fsp3) is 0.364. The zero-order valence-electron chi connectivity index (χ0n) is 9.72. The molecule has 0 saturated carbocycles. The van der Waals surface area contributed by atoms with E-state index in [0.29, 0.717) is 5.69 Å². The summed E-state index contributed by atoms with van der Waals surface area (Å²) in [5, 5.41) is 0. The van der Waals surface area contributed by atoms with Crippen molar-refractivity contribution in [1.82, 2.24) is 0 Å². The summed E-state index contributed by atoms with van der Waals surface area (Å²) in [4.78, 5) is 13.2. The highest BCUT2D eigenvalue weighted by Gasteiger charge is 2.20. The van der Waals surface area contributed by atoms with E-state index < -0.39 is 6.10 Å². The molecule has 0 fully saturated rings. The minimum absolute atomic E-state index is 0. The summed E-state index contributed by atoms with van der Waals surface area (Å²) < 4.78 is 17.6. The van der Waals surface area contributed by atoms with E-state index in [1.54, 1.807) is 7.05 Å². The van der Waals surface area contributed by atoms with Crippen LogP contribution in [0.15, 0.2) is 24.3 Å². The molecule has 0 radical (unpaired) electrons. The number of methoxy groups -OCH3 is 1. The molecule has 0 heterocycles. The van der Waals surface area contributed by atoms with Crippen molar-refractivity contribution >= 4 is 24.0 Å². The number of hydrogen-bond donors (Lipinski definition) is 1. The lowest BCUT2D eigenvalue weighted by atomic mass is 10.2. The number of carbonyl (C=O) groups is 1. The van der Waals surface area contributed by atoms with Crippen LogP contribution in [0.5, 0.6) is 0 Å². The number of rotatable bonds is 4. The highest BCUT2D eigenvalue weighted by molar-refractivity contribution is 5.96. The highest BCUT2D eigenvalue weighted by atomic mass is 35.5. The maximum Gasteiger partial charge on any atom is 0.257 e. The zero-order valence-corrected chi connectivity index (χ0v) is 10.5. The summed E-state index contributed by atoms with van der Waals surface area (Å²) in [7, 11) is 3.02. The number of halogens is 2. The van der Waals surface area contributed by atoms with Gasteiger partial charge in [0, 0.05) is 26.4 Å². The third-order valence-electron chi connectivity index (χ3n) is 2.32. The van der Waals surface area contributed by atoms with Crippen LogP contribution in [0.1, 0.15) is 0 Å². The first-order valence-corrected chi connectivity index (χ1v) is 4.86. The average molecular weight is 263 g/mol. The summed E-state index contributed by atoms with van der Waals surface area (Å²) in [5.74, 6) is -0.594. The van der Waals surface area contributed by atoms with Crippen molar-refractivity contribution in [2.45, 2.75) is 6.10 Å². The molecular weight excluding hydrogens is 247 g/mol. The van der Waals surface area contributed by atoms with Gasteiger partial charge in [0.15, 0.2) is 0 Å². The molecule has 6 heteroatoms.